The van der Waals surface area contributed by atoms with Crippen molar-refractivity contribution in [1.29, 1.82) is 0 Å². The Balaban J connectivity index is 1.05. The Morgan fingerprint density at radius 3 is 1.56 bits per heavy atom. The van der Waals surface area contributed by atoms with Crippen molar-refractivity contribution < 1.29 is 0 Å². The Labute approximate surface area is 284 Å². The number of benzene rings is 8. The first-order valence-electron chi connectivity index (χ1n) is 16.8. The second-order valence-corrected chi connectivity index (χ2v) is 14.8. The zero-order chi connectivity index (χ0) is 32.0. The number of thiophene rings is 1. The molecule has 0 nitrogen and oxygen atoms in total. The summed E-state index contributed by atoms with van der Waals surface area (Å²) in [5.41, 5.74) is 13.2. The molecule has 9 aromatic rings. The molecule has 0 bridgehead atoms. The van der Waals surface area contributed by atoms with Crippen LogP contribution in [-0.4, -0.2) is 0 Å². The highest BCUT2D eigenvalue weighted by molar-refractivity contribution is 7.25. The average Bonchev–Trinajstić information content (AvgIpc) is 3.61. The first-order chi connectivity index (χ1) is 23.5. The maximum atomic E-state index is 2.43. The molecule has 0 saturated heterocycles. The quantitative estimate of drug-likeness (QED) is 0.171. The van der Waals surface area contributed by atoms with Crippen LogP contribution in [0, 0.1) is 0 Å². The van der Waals surface area contributed by atoms with Gasteiger partial charge in [0, 0.05) is 25.6 Å². The fourth-order valence-electron chi connectivity index (χ4n) is 8.17. The zero-order valence-electron chi connectivity index (χ0n) is 26.9. The molecule has 1 aliphatic carbocycles. The molecule has 1 aromatic heterocycles. The van der Waals surface area contributed by atoms with Crippen LogP contribution in [0.2, 0.25) is 0 Å². The summed E-state index contributed by atoms with van der Waals surface area (Å²) in [6.45, 7) is 4.71. The molecule has 0 aliphatic heterocycles. The molecular formula is C47H32S. The molecule has 48 heavy (non-hydrogen) atoms. The Morgan fingerprint density at radius 1 is 0.375 bits per heavy atom. The molecule has 0 atom stereocenters. The zero-order valence-corrected chi connectivity index (χ0v) is 27.7. The summed E-state index contributed by atoms with van der Waals surface area (Å²) in [7, 11) is 0. The van der Waals surface area contributed by atoms with E-state index in [1.807, 2.05) is 11.3 Å². The van der Waals surface area contributed by atoms with Gasteiger partial charge in [0.05, 0.1) is 0 Å². The van der Waals surface area contributed by atoms with Gasteiger partial charge in [-0.1, -0.05) is 135 Å². The van der Waals surface area contributed by atoms with Gasteiger partial charge in [-0.2, -0.15) is 0 Å². The Hall–Kier alpha value is -5.50. The minimum Gasteiger partial charge on any atom is -0.135 e. The van der Waals surface area contributed by atoms with Crippen molar-refractivity contribution in [3.8, 4) is 44.5 Å². The Kier molecular flexibility index (Phi) is 5.89. The lowest BCUT2D eigenvalue weighted by Crippen LogP contribution is -2.14. The van der Waals surface area contributed by atoms with Crippen molar-refractivity contribution in [1.82, 2.24) is 0 Å². The van der Waals surface area contributed by atoms with Gasteiger partial charge in [0.15, 0.2) is 0 Å². The lowest BCUT2D eigenvalue weighted by molar-refractivity contribution is 0.660. The maximum Gasteiger partial charge on any atom is 0.0355 e. The first-order valence-corrected chi connectivity index (χ1v) is 17.6. The monoisotopic (exact) mass is 628 g/mol. The van der Waals surface area contributed by atoms with E-state index in [2.05, 4.69) is 172 Å². The van der Waals surface area contributed by atoms with Crippen molar-refractivity contribution in [2.45, 2.75) is 19.3 Å². The topological polar surface area (TPSA) is 0 Å². The number of rotatable bonds is 3. The maximum absolute atomic E-state index is 2.43. The second kappa shape index (κ2) is 10.2. The molecule has 8 aromatic carbocycles. The van der Waals surface area contributed by atoms with E-state index in [4.69, 9.17) is 0 Å². The highest BCUT2D eigenvalue weighted by Crippen LogP contribution is 2.50. The van der Waals surface area contributed by atoms with Crippen LogP contribution >= 0.6 is 11.3 Å². The molecule has 0 fully saturated rings. The van der Waals surface area contributed by atoms with E-state index in [-0.39, 0.29) is 5.41 Å². The molecule has 0 N–H and O–H groups in total. The third-order valence-electron chi connectivity index (χ3n) is 10.7. The number of hydrogen-bond donors (Lipinski definition) is 0. The van der Waals surface area contributed by atoms with Gasteiger partial charge < -0.3 is 0 Å². The van der Waals surface area contributed by atoms with Crippen LogP contribution in [0.3, 0.4) is 0 Å². The predicted octanol–water partition coefficient (Wildman–Crippen LogP) is 13.7. The van der Waals surface area contributed by atoms with E-state index in [1.165, 1.54) is 97.4 Å². The van der Waals surface area contributed by atoms with Crippen LogP contribution < -0.4 is 0 Å². The smallest absolute Gasteiger partial charge is 0.0355 e. The predicted molar refractivity (Wildman–Crippen MR) is 208 cm³/mol. The van der Waals surface area contributed by atoms with Gasteiger partial charge in [0.1, 0.15) is 0 Å². The summed E-state index contributed by atoms with van der Waals surface area (Å²) in [5.74, 6) is 0. The number of fused-ring (bicyclic) bond motifs is 8. The SMILES string of the molecule is CC1(C)c2ccccc2-c2ccc(-c3ccc4sc5ccc(-c6ccc(-c7c8ccccc8cc8ccccc78)cc6)cc5c4c3)cc21. The average molecular weight is 629 g/mol. The van der Waals surface area contributed by atoms with Crippen LogP contribution in [-0.2, 0) is 5.41 Å². The largest absolute Gasteiger partial charge is 0.135 e. The van der Waals surface area contributed by atoms with Gasteiger partial charge in [-0.25, -0.2) is 0 Å². The van der Waals surface area contributed by atoms with Gasteiger partial charge in [-0.05, 0) is 114 Å². The van der Waals surface area contributed by atoms with Crippen molar-refractivity contribution in [3.05, 3.63) is 169 Å². The summed E-state index contributed by atoms with van der Waals surface area (Å²) >= 11 is 1.88. The van der Waals surface area contributed by atoms with Crippen molar-refractivity contribution in [3.63, 3.8) is 0 Å². The van der Waals surface area contributed by atoms with Crippen LogP contribution in [0.15, 0.2) is 158 Å². The summed E-state index contributed by atoms with van der Waals surface area (Å²) in [6, 6.07) is 58.9. The van der Waals surface area contributed by atoms with E-state index < -0.39 is 0 Å². The first kappa shape index (κ1) is 27.6. The third-order valence-corrected chi connectivity index (χ3v) is 11.8. The molecule has 10 rings (SSSR count). The van der Waals surface area contributed by atoms with E-state index in [9.17, 15) is 0 Å². The van der Waals surface area contributed by atoms with Crippen molar-refractivity contribution >= 4 is 53.1 Å². The summed E-state index contributed by atoms with van der Waals surface area (Å²) in [5, 5.41) is 7.80. The molecule has 1 aliphatic rings. The summed E-state index contributed by atoms with van der Waals surface area (Å²) < 4.78 is 2.66. The van der Waals surface area contributed by atoms with Crippen LogP contribution in [0.25, 0.3) is 86.2 Å². The standard InChI is InChI=1S/C47H32S/c1-47(2)42-14-8-7-13-38(42)39-22-19-33(28-43(39)47)32-21-24-45-41(27-32)40-26-31(20-23-44(40)48-45)29-15-17-30(18-16-29)46-36-11-5-3-9-34(36)25-35-10-4-6-12-37(35)46/h3-28H,1-2H3. The van der Waals surface area contributed by atoms with Crippen LogP contribution in [0.5, 0.6) is 0 Å². The minimum atomic E-state index is -0.00766. The lowest BCUT2D eigenvalue weighted by atomic mass is 9.81. The van der Waals surface area contributed by atoms with E-state index in [1.54, 1.807) is 0 Å². The lowest BCUT2D eigenvalue weighted by Gasteiger charge is -2.22. The molecule has 1 heterocycles. The van der Waals surface area contributed by atoms with Gasteiger partial charge in [0.25, 0.3) is 0 Å². The fraction of sp³-hybridized carbons (Fsp3) is 0.0638. The molecule has 0 saturated carbocycles. The minimum absolute atomic E-state index is 0.00766. The van der Waals surface area contributed by atoms with Crippen molar-refractivity contribution in [2.75, 3.05) is 0 Å². The Bertz CT molecular complexity index is 2690. The highest BCUT2D eigenvalue weighted by atomic mass is 32.1. The van der Waals surface area contributed by atoms with Crippen LogP contribution in [0.4, 0.5) is 0 Å². The third kappa shape index (κ3) is 4.08. The van der Waals surface area contributed by atoms with Crippen molar-refractivity contribution in [2.24, 2.45) is 0 Å². The summed E-state index contributed by atoms with van der Waals surface area (Å²) in [6.07, 6.45) is 0. The van der Waals surface area contributed by atoms with E-state index >= 15 is 0 Å². The van der Waals surface area contributed by atoms with E-state index in [0.717, 1.165) is 0 Å². The van der Waals surface area contributed by atoms with Crippen LogP contribution in [0.1, 0.15) is 25.0 Å². The fourth-order valence-corrected chi connectivity index (χ4v) is 9.24. The number of hydrogen-bond acceptors (Lipinski definition) is 1. The molecule has 0 radical (unpaired) electrons. The molecule has 226 valence electrons. The molecule has 1 heteroatoms. The Morgan fingerprint density at radius 2 is 0.875 bits per heavy atom. The summed E-state index contributed by atoms with van der Waals surface area (Å²) in [4.78, 5) is 0. The van der Waals surface area contributed by atoms with Gasteiger partial charge in [-0.3, -0.25) is 0 Å². The second-order valence-electron chi connectivity index (χ2n) is 13.7. The highest BCUT2D eigenvalue weighted by Gasteiger charge is 2.35. The van der Waals surface area contributed by atoms with E-state index in [0.29, 0.717) is 0 Å². The molecular weight excluding hydrogens is 597 g/mol. The molecule has 0 spiro atoms. The van der Waals surface area contributed by atoms with Gasteiger partial charge >= 0.3 is 0 Å². The molecule has 0 amide bonds. The van der Waals surface area contributed by atoms with Gasteiger partial charge in [-0.15, -0.1) is 11.3 Å². The normalized spacial score (nSPS) is 13.4. The van der Waals surface area contributed by atoms with Gasteiger partial charge in [0.2, 0.25) is 0 Å². The molecule has 0 unspecified atom stereocenters.